The maximum Gasteiger partial charge on any atom is 0.411 e. The Morgan fingerprint density at radius 2 is 1.74 bits per heavy atom. The number of nitrogens with zero attached hydrogens (tertiary/aromatic N) is 2. The molecule has 0 aromatic heterocycles. The summed E-state index contributed by atoms with van der Waals surface area (Å²) >= 11 is 0. The van der Waals surface area contributed by atoms with Crippen molar-refractivity contribution in [3.05, 3.63) is 0 Å². The zero-order chi connectivity index (χ0) is 14.5. The van der Waals surface area contributed by atoms with Crippen LogP contribution in [-0.2, 0) is 4.74 Å². The van der Waals surface area contributed by atoms with Gasteiger partial charge in [0.2, 0.25) is 0 Å². The van der Waals surface area contributed by atoms with Gasteiger partial charge in [0.25, 0.3) is 0 Å². The van der Waals surface area contributed by atoms with E-state index < -0.39 is 5.60 Å². The molecule has 1 amide bonds. The first-order valence-electron chi connectivity index (χ1n) is 6.83. The molecule has 19 heavy (non-hydrogen) atoms. The van der Waals surface area contributed by atoms with E-state index in [1.54, 1.807) is 0 Å². The van der Waals surface area contributed by atoms with Gasteiger partial charge in [0, 0.05) is 23.9 Å². The number of carbonyl (C=O) groups is 1. The molecule has 5 heteroatoms. The average Bonchev–Trinajstić information content (AvgIpc) is 2.39. The predicted molar refractivity (Wildman–Crippen MR) is 72.6 cm³/mol. The molecule has 0 saturated carbocycles. The summed E-state index contributed by atoms with van der Waals surface area (Å²) < 4.78 is 5.54. The molecule has 2 aliphatic rings. The van der Waals surface area contributed by atoms with Gasteiger partial charge in [0.1, 0.15) is 5.60 Å². The van der Waals surface area contributed by atoms with Crippen molar-refractivity contribution in [1.82, 2.24) is 4.90 Å². The molecule has 0 spiro atoms. The lowest BCUT2D eigenvalue weighted by molar-refractivity contribution is -0.0180. The fourth-order valence-corrected chi connectivity index (χ4v) is 3.51. The highest BCUT2D eigenvalue weighted by Crippen LogP contribution is 2.49. The maximum absolute atomic E-state index is 12.5. The first-order chi connectivity index (χ1) is 8.60. The topological polar surface area (TPSA) is 62.1 Å². The van der Waals surface area contributed by atoms with Gasteiger partial charge in [-0.1, -0.05) is 5.16 Å². The van der Waals surface area contributed by atoms with Crippen LogP contribution in [0.2, 0.25) is 0 Å². The van der Waals surface area contributed by atoms with Crippen molar-refractivity contribution in [2.75, 3.05) is 0 Å². The molecule has 0 unspecified atom stereocenters. The van der Waals surface area contributed by atoms with Crippen LogP contribution < -0.4 is 0 Å². The van der Waals surface area contributed by atoms with E-state index in [-0.39, 0.29) is 17.2 Å². The molecule has 2 heterocycles. The Morgan fingerprint density at radius 3 is 2.11 bits per heavy atom. The van der Waals surface area contributed by atoms with Gasteiger partial charge < -0.3 is 9.94 Å². The molecule has 0 aromatic rings. The Labute approximate surface area is 114 Å². The van der Waals surface area contributed by atoms with Gasteiger partial charge in [-0.15, -0.1) is 0 Å². The van der Waals surface area contributed by atoms with Crippen LogP contribution >= 0.6 is 0 Å². The van der Waals surface area contributed by atoms with Crippen LogP contribution in [0.15, 0.2) is 5.16 Å². The van der Waals surface area contributed by atoms with E-state index in [4.69, 9.17) is 9.94 Å². The molecule has 0 aliphatic carbocycles. The van der Waals surface area contributed by atoms with Gasteiger partial charge in [-0.25, -0.2) is 4.79 Å². The number of ether oxygens (including phenoxy) is 1. The van der Waals surface area contributed by atoms with E-state index in [1.165, 1.54) is 0 Å². The number of amides is 1. The van der Waals surface area contributed by atoms with Gasteiger partial charge in [0.15, 0.2) is 0 Å². The quantitative estimate of drug-likeness (QED) is 0.542. The fraction of sp³-hybridized carbons (Fsp3) is 0.857. The van der Waals surface area contributed by atoms with Gasteiger partial charge in [0.05, 0.1) is 5.71 Å². The summed E-state index contributed by atoms with van der Waals surface area (Å²) in [4.78, 5) is 14.4. The summed E-state index contributed by atoms with van der Waals surface area (Å²) in [6, 6.07) is 0. The summed E-state index contributed by atoms with van der Waals surface area (Å²) in [5, 5.41) is 12.4. The van der Waals surface area contributed by atoms with Crippen LogP contribution in [0.25, 0.3) is 0 Å². The summed E-state index contributed by atoms with van der Waals surface area (Å²) in [7, 11) is 0. The lowest BCUT2D eigenvalue weighted by Gasteiger charge is -2.48. The molecule has 5 nitrogen and oxygen atoms in total. The number of piperidine rings is 1. The number of carbonyl (C=O) groups excluding carboxylic acids is 1. The lowest BCUT2D eigenvalue weighted by Crippen LogP contribution is -2.60. The van der Waals surface area contributed by atoms with Crippen LogP contribution in [0, 0.1) is 0 Å². The molecule has 1 N–H and O–H groups in total. The smallest absolute Gasteiger partial charge is 0.411 e. The van der Waals surface area contributed by atoms with E-state index in [2.05, 4.69) is 5.16 Å². The number of hydrogen-bond acceptors (Lipinski definition) is 4. The Kier molecular flexibility index (Phi) is 3.07. The van der Waals surface area contributed by atoms with Crippen LogP contribution in [0.3, 0.4) is 0 Å². The normalized spacial score (nSPS) is 36.7. The second kappa shape index (κ2) is 4.12. The summed E-state index contributed by atoms with van der Waals surface area (Å²) in [5.74, 6) is 0. The third-order valence-electron chi connectivity index (χ3n) is 4.17. The van der Waals surface area contributed by atoms with Crippen molar-refractivity contribution < 1.29 is 14.7 Å². The second-order valence-corrected chi connectivity index (χ2v) is 7.33. The van der Waals surface area contributed by atoms with Crippen molar-refractivity contribution in [3.63, 3.8) is 0 Å². The zero-order valence-electron chi connectivity index (χ0n) is 12.5. The summed E-state index contributed by atoms with van der Waals surface area (Å²) in [5.41, 5.74) is -0.301. The Hall–Kier alpha value is -1.26. The Balaban J connectivity index is 2.29. The number of fused-ring (bicyclic) bond motifs is 2. The van der Waals surface area contributed by atoms with E-state index in [0.717, 1.165) is 18.6 Å². The van der Waals surface area contributed by atoms with E-state index in [1.807, 2.05) is 39.5 Å². The van der Waals surface area contributed by atoms with Crippen LogP contribution in [0.1, 0.15) is 60.3 Å². The molecule has 2 atom stereocenters. The molecule has 2 fully saturated rings. The monoisotopic (exact) mass is 268 g/mol. The first-order valence-corrected chi connectivity index (χ1v) is 6.83. The molecular formula is C14H24N2O3. The van der Waals surface area contributed by atoms with Crippen molar-refractivity contribution in [2.24, 2.45) is 5.16 Å². The molecule has 2 rings (SSSR count). The standard InChI is InChI=1S/C14H24N2O3/c1-12(2,3)19-11(17)16-13(4)6-7-14(16,5)9-10(8-13)15-18/h18H,6-9H2,1-5H3/t13-,14+. The summed E-state index contributed by atoms with van der Waals surface area (Å²) in [6.45, 7) is 9.73. The SMILES string of the molecule is CC(C)(C)OC(=O)N1[C@@]2(C)CC[C@]1(C)CC(=NO)C2. The molecule has 0 radical (unpaired) electrons. The van der Waals surface area contributed by atoms with Gasteiger partial charge in [-0.3, -0.25) is 4.90 Å². The van der Waals surface area contributed by atoms with Crippen LogP contribution in [0.4, 0.5) is 4.79 Å². The van der Waals surface area contributed by atoms with Crippen LogP contribution in [0.5, 0.6) is 0 Å². The highest BCUT2D eigenvalue weighted by Gasteiger charge is 2.57. The first kappa shape index (κ1) is 14.2. The third kappa shape index (κ3) is 2.42. The van der Waals surface area contributed by atoms with Gasteiger partial charge >= 0.3 is 6.09 Å². The van der Waals surface area contributed by atoms with E-state index in [0.29, 0.717) is 12.8 Å². The minimum Gasteiger partial charge on any atom is -0.444 e. The van der Waals surface area contributed by atoms with Gasteiger partial charge in [-0.05, 0) is 47.5 Å². The molecular weight excluding hydrogens is 244 g/mol. The van der Waals surface area contributed by atoms with Crippen molar-refractivity contribution >= 4 is 11.8 Å². The Morgan fingerprint density at radius 1 is 1.26 bits per heavy atom. The number of hydrogen-bond donors (Lipinski definition) is 1. The lowest BCUT2D eigenvalue weighted by atomic mass is 9.84. The van der Waals surface area contributed by atoms with Crippen molar-refractivity contribution in [3.8, 4) is 0 Å². The minimum atomic E-state index is -0.491. The molecule has 2 bridgehead atoms. The van der Waals surface area contributed by atoms with Crippen molar-refractivity contribution in [1.29, 1.82) is 0 Å². The zero-order valence-corrected chi connectivity index (χ0v) is 12.5. The third-order valence-corrected chi connectivity index (χ3v) is 4.17. The second-order valence-electron chi connectivity index (χ2n) is 7.33. The predicted octanol–water partition coefficient (Wildman–Crippen LogP) is 3.16. The highest BCUT2D eigenvalue weighted by molar-refractivity contribution is 5.89. The Bertz CT molecular complexity index is 405. The van der Waals surface area contributed by atoms with E-state index in [9.17, 15) is 4.79 Å². The van der Waals surface area contributed by atoms with Crippen molar-refractivity contribution in [2.45, 2.75) is 77.0 Å². The van der Waals surface area contributed by atoms with Crippen LogP contribution in [-0.4, -0.2) is 38.6 Å². The average molecular weight is 268 g/mol. The largest absolute Gasteiger partial charge is 0.444 e. The van der Waals surface area contributed by atoms with E-state index >= 15 is 0 Å². The fourth-order valence-electron chi connectivity index (χ4n) is 3.51. The maximum atomic E-state index is 12.5. The highest BCUT2D eigenvalue weighted by atomic mass is 16.6. The molecule has 0 aromatic carbocycles. The number of oxime groups is 1. The van der Waals surface area contributed by atoms with Gasteiger partial charge in [-0.2, -0.15) is 0 Å². The molecule has 108 valence electrons. The molecule has 2 saturated heterocycles. The summed E-state index contributed by atoms with van der Waals surface area (Å²) in [6.07, 6.45) is 2.83. The number of rotatable bonds is 0. The minimum absolute atomic E-state index is 0.257. The molecule has 2 aliphatic heterocycles.